The third-order valence-corrected chi connectivity index (χ3v) is 4.63. The maximum Gasteiger partial charge on any atom is 0.127 e. The lowest BCUT2D eigenvalue weighted by Crippen LogP contribution is -2.53. The Morgan fingerprint density at radius 3 is 2.64 bits per heavy atom. The van der Waals surface area contributed by atoms with E-state index >= 15 is 0 Å². The monoisotopic (exact) mass is 307 g/mol. The number of hydrogen-bond donors (Lipinski definition) is 1. The molecule has 0 bridgehead atoms. The number of nitrogens with zero attached hydrogens (tertiary/aromatic N) is 2. The molecule has 1 saturated heterocycles. The number of nitrogens with two attached hydrogens (primary N) is 1. The summed E-state index contributed by atoms with van der Waals surface area (Å²) in [6.45, 7) is 6.03. The van der Waals surface area contributed by atoms with Crippen LogP contribution in [0.4, 0.5) is 0 Å². The second-order valence-corrected chi connectivity index (χ2v) is 5.92. The quantitative estimate of drug-likeness (QED) is 0.867. The highest BCUT2D eigenvalue weighted by atomic mass is 16.5. The van der Waals surface area contributed by atoms with Gasteiger partial charge in [0.2, 0.25) is 0 Å². The van der Waals surface area contributed by atoms with Gasteiger partial charge in [-0.1, -0.05) is 13.0 Å². The fraction of sp³-hybridized carbons (Fsp3) is 0.647. The molecule has 1 aromatic rings. The van der Waals surface area contributed by atoms with Gasteiger partial charge < -0.3 is 20.1 Å². The van der Waals surface area contributed by atoms with Gasteiger partial charge in [-0.3, -0.25) is 4.90 Å². The lowest BCUT2D eigenvalue weighted by molar-refractivity contribution is 0.0512. The van der Waals surface area contributed by atoms with Gasteiger partial charge >= 0.3 is 0 Å². The minimum Gasteiger partial charge on any atom is -0.497 e. The molecule has 0 aromatic heterocycles. The van der Waals surface area contributed by atoms with Crippen LogP contribution >= 0.6 is 0 Å². The van der Waals surface area contributed by atoms with E-state index in [1.807, 2.05) is 12.1 Å². The predicted molar refractivity (Wildman–Crippen MR) is 89.6 cm³/mol. The zero-order valence-electron chi connectivity index (χ0n) is 14.2. The van der Waals surface area contributed by atoms with Crippen molar-refractivity contribution in [2.24, 2.45) is 5.73 Å². The van der Waals surface area contributed by atoms with E-state index in [9.17, 15) is 0 Å². The maximum atomic E-state index is 6.14. The zero-order valence-corrected chi connectivity index (χ0v) is 14.2. The van der Waals surface area contributed by atoms with Crippen LogP contribution in [-0.2, 0) is 0 Å². The topological polar surface area (TPSA) is 51.0 Å². The Hall–Kier alpha value is -1.30. The second kappa shape index (κ2) is 7.81. The van der Waals surface area contributed by atoms with Crippen molar-refractivity contribution >= 4 is 0 Å². The molecule has 0 amide bonds. The predicted octanol–water partition coefficient (Wildman–Crippen LogP) is 1.73. The summed E-state index contributed by atoms with van der Waals surface area (Å²) in [4.78, 5) is 4.92. The molecule has 1 fully saturated rings. The molecule has 1 aliphatic heterocycles. The van der Waals surface area contributed by atoms with Crippen LogP contribution in [-0.4, -0.2) is 63.3 Å². The fourth-order valence-corrected chi connectivity index (χ4v) is 3.33. The number of methoxy groups -OCH3 is 2. The van der Waals surface area contributed by atoms with Crippen molar-refractivity contribution in [1.29, 1.82) is 0 Å². The number of ether oxygens (including phenoxy) is 2. The highest BCUT2D eigenvalue weighted by Gasteiger charge is 2.31. The van der Waals surface area contributed by atoms with Gasteiger partial charge in [0.05, 0.1) is 20.3 Å². The summed E-state index contributed by atoms with van der Waals surface area (Å²) in [7, 11) is 5.56. The Labute approximate surface area is 134 Å². The molecular weight excluding hydrogens is 278 g/mol. The van der Waals surface area contributed by atoms with E-state index in [-0.39, 0.29) is 6.04 Å². The minimum absolute atomic E-state index is 0.180. The van der Waals surface area contributed by atoms with Gasteiger partial charge in [0.25, 0.3) is 0 Å². The number of benzene rings is 1. The van der Waals surface area contributed by atoms with E-state index in [1.165, 1.54) is 0 Å². The third-order valence-electron chi connectivity index (χ3n) is 4.63. The molecule has 1 aromatic carbocycles. The van der Waals surface area contributed by atoms with E-state index in [0.29, 0.717) is 12.6 Å². The average molecular weight is 307 g/mol. The summed E-state index contributed by atoms with van der Waals surface area (Å²) in [5.74, 6) is 1.66. The second-order valence-electron chi connectivity index (χ2n) is 5.92. The van der Waals surface area contributed by atoms with Crippen molar-refractivity contribution in [2.75, 3.05) is 47.4 Å². The molecule has 2 unspecified atom stereocenters. The summed E-state index contributed by atoms with van der Waals surface area (Å²) < 4.78 is 10.9. The number of hydrogen-bond acceptors (Lipinski definition) is 5. The zero-order chi connectivity index (χ0) is 16.1. The lowest BCUT2D eigenvalue weighted by atomic mass is 9.99. The first-order chi connectivity index (χ1) is 10.6. The maximum absolute atomic E-state index is 6.14. The van der Waals surface area contributed by atoms with Crippen molar-refractivity contribution in [3.63, 3.8) is 0 Å². The van der Waals surface area contributed by atoms with Crippen LogP contribution in [0, 0.1) is 0 Å². The van der Waals surface area contributed by atoms with Crippen LogP contribution < -0.4 is 15.2 Å². The van der Waals surface area contributed by atoms with Gasteiger partial charge in [0.15, 0.2) is 0 Å². The number of rotatable bonds is 6. The molecule has 2 N–H and O–H groups in total. The molecule has 2 atom stereocenters. The Balaban J connectivity index is 2.30. The lowest BCUT2D eigenvalue weighted by Gasteiger charge is -2.44. The normalized spacial score (nSPS) is 21.6. The van der Waals surface area contributed by atoms with Gasteiger partial charge in [0.1, 0.15) is 11.5 Å². The molecule has 1 heterocycles. The van der Waals surface area contributed by atoms with Crippen molar-refractivity contribution < 1.29 is 9.47 Å². The van der Waals surface area contributed by atoms with Crippen molar-refractivity contribution in [1.82, 2.24) is 9.80 Å². The van der Waals surface area contributed by atoms with Crippen LogP contribution in [0.5, 0.6) is 11.5 Å². The summed E-state index contributed by atoms with van der Waals surface area (Å²) in [6.07, 6.45) is 1.12. The first kappa shape index (κ1) is 17.1. The Morgan fingerprint density at radius 2 is 2.05 bits per heavy atom. The molecule has 0 aliphatic carbocycles. The summed E-state index contributed by atoms with van der Waals surface area (Å²) in [5, 5.41) is 0. The van der Waals surface area contributed by atoms with E-state index in [4.69, 9.17) is 15.2 Å². The van der Waals surface area contributed by atoms with Crippen LogP contribution in [0.1, 0.15) is 24.9 Å². The Bertz CT molecular complexity index is 481. The summed E-state index contributed by atoms with van der Waals surface area (Å²) in [6, 6.07) is 6.71. The molecule has 22 heavy (non-hydrogen) atoms. The van der Waals surface area contributed by atoms with Crippen LogP contribution in [0.25, 0.3) is 0 Å². The molecule has 124 valence electrons. The standard InChI is InChI=1S/C17H29N3O2/c1-5-13-12-19(2)8-9-20(13)16(11-18)15-7-6-14(21-3)10-17(15)22-4/h6-7,10,13,16H,5,8-9,11-12,18H2,1-4H3. The van der Waals surface area contributed by atoms with Gasteiger partial charge in [-0.25, -0.2) is 0 Å². The molecular formula is C17H29N3O2. The van der Waals surface area contributed by atoms with Crippen LogP contribution in [0.3, 0.4) is 0 Å². The first-order valence-corrected chi connectivity index (χ1v) is 8.00. The van der Waals surface area contributed by atoms with E-state index in [0.717, 1.165) is 43.1 Å². The largest absolute Gasteiger partial charge is 0.497 e. The van der Waals surface area contributed by atoms with E-state index < -0.39 is 0 Å². The number of piperazine rings is 1. The summed E-state index contributed by atoms with van der Waals surface area (Å²) >= 11 is 0. The van der Waals surface area contributed by atoms with Gasteiger partial charge in [0, 0.05) is 43.9 Å². The average Bonchev–Trinajstić information content (AvgIpc) is 2.56. The fourth-order valence-electron chi connectivity index (χ4n) is 3.33. The van der Waals surface area contributed by atoms with Gasteiger partial charge in [-0.2, -0.15) is 0 Å². The van der Waals surface area contributed by atoms with Gasteiger partial charge in [-0.15, -0.1) is 0 Å². The molecule has 0 saturated carbocycles. The highest BCUT2D eigenvalue weighted by Crippen LogP contribution is 2.34. The molecule has 0 spiro atoms. The minimum atomic E-state index is 0.180. The highest BCUT2D eigenvalue weighted by molar-refractivity contribution is 5.42. The Kier molecular flexibility index (Phi) is 6.06. The molecule has 2 rings (SSSR count). The molecule has 0 radical (unpaired) electrons. The van der Waals surface area contributed by atoms with Crippen molar-refractivity contribution in [3.05, 3.63) is 23.8 Å². The number of likely N-dealkylation sites (N-methyl/N-ethyl adjacent to an activating group) is 1. The molecule has 1 aliphatic rings. The molecule has 5 heteroatoms. The SMILES string of the molecule is CCC1CN(C)CCN1C(CN)c1ccc(OC)cc1OC. The van der Waals surface area contributed by atoms with E-state index in [2.05, 4.69) is 29.8 Å². The Morgan fingerprint density at radius 1 is 1.27 bits per heavy atom. The van der Waals surface area contributed by atoms with E-state index in [1.54, 1.807) is 14.2 Å². The third kappa shape index (κ3) is 3.54. The van der Waals surface area contributed by atoms with Crippen molar-refractivity contribution in [2.45, 2.75) is 25.4 Å². The molecule has 5 nitrogen and oxygen atoms in total. The first-order valence-electron chi connectivity index (χ1n) is 8.00. The van der Waals surface area contributed by atoms with Crippen molar-refractivity contribution in [3.8, 4) is 11.5 Å². The van der Waals surface area contributed by atoms with Crippen LogP contribution in [0.15, 0.2) is 18.2 Å². The van der Waals surface area contributed by atoms with Gasteiger partial charge in [-0.05, 0) is 19.5 Å². The smallest absolute Gasteiger partial charge is 0.127 e. The summed E-state index contributed by atoms with van der Waals surface area (Å²) in [5.41, 5.74) is 7.29. The van der Waals surface area contributed by atoms with Crippen LogP contribution in [0.2, 0.25) is 0 Å².